The molecule has 106 valence electrons. The van der Waals surface area contributed by atoms with E-state index >= 15 is 0 Å². The van der Waals surface area contributed by atoms with E-state index in [2.05, 4.69) is 53.8 Å². The second-order valence-corrected chi connectivity index (χ2v) is 6.23. The maximum atomic E-state index is 12.3. The summed E-state index contributed by atoms with van der Waals surface area (Å²) in [5.41, 5.74) is 2.64. The van der Waals surface area contributed by atoms with Gasteiger partial charge in [0.25, 0.3) is 0 Å². The maximum absolute atomic E-state index is 12.3. The molecule has 4 rings (SSSR count). The van der Waals surface area contributed by atoms with Crippen LogP contribution >= 0.6 is 0 Å². The molecule has 0 heterocycles. The molecule has 0 bridgehead atoms. The Labute approximate surface area is 125 Å². The van der Waals surface area contributed by atoms with Crippen molar-refractivity contribution in [3.63, 3.8) is 0 Å². The number of amides is 1. The molecule has 2 saturated carbocycles. The van der Waals surface area contributed by atoms with E-state index in [1.54, 1.807) is 0 Å². The predicted octanol–water partition coefficient (Wildman–Crippen LogP) is 3.46. The topological polar surface area (TPSA) is 29.1 Å². The summed E-state index contributed by atoms with van der Waals surface area (Å²) in [7, 11) is 0. The number of rotatable bonds is 4. The fourth-order valence-electron chi connectivity index (χ4n) is 3.27. The van der Waals surface area contributed by atoms with Crippen LogP contribution in [0.15, 0.2) is 60.7 Å². The van der Waals surface area contributed by atoms with Gasteiger partial charge in [0.2, 0.25) is 5.91 Å². The molecular weight excluding hydrogens is 258 g/mol. The van der Waals surface area contributed by atoms with Crippen LogP contribution in [0.1, 0.15) is 35.8 Å². The van der Waals surface area contributed by atoms with Gasteiger partial charge in [-0.05, 0) is 29.9 Å². The molecule has 0 unspecified atom stereocenters. The predicted molar refractivity (Wildman–Crippen MR) is 83.0 cm³/mol. The summed E-state index contributed by atoms with van der Waals surface area (Å²) in [4.78, 5) is 12.3. The molecular formula is C19H19NO. The van der Waals surface area contributed by atoms with Crippen LogP contribution in [0.25, 0.3) is 0 Å². The molecule has 2 aliphatic carbocycles. The van der Waals surface area contributed by atoms with Gasteiger partial charge in [-0.2, -0.15) is 0 Å². The Morgan fingerprint density at radius 3 is 2.00 bits per heavy atom. The summed E-state index contributed by atoms with van der Waals surface area (Å²) in [6, 6.07) is 21.2. The molecule has 4 atom stereocenters. The molecule has 1 amide bonds. The zero-order chi connectivity index (χ0) is 14.2. The van der Waals surface area contributed by atoms with Crippen molar-refractivity contribution in [3.05, 3.63) is 71.8 Å². The Hall–Kier alpha value is -2.09. The quantitative estimate of drug-likeness (QED) is 0.911. The van der Waals surface area contributed by atoms with Crippen LogP contribution in [-0.4, -0.2) is 11.9 Å². The van der Waals surface area contributed by atoms with Gasteiger partial charge in [-0.3, -0.25) is 4.79 Å². The van der Waals surface area contributed by atoms with Crippen LogP contribution in [0.3, 0.4) is 0 Å². The van der Waals surface area contributed by atoms with Gasteiger partial charge in [0.1, 0.15) is 0 Å². The maximum Gasteiger partial charge on any atom is 0.223 e. The minimum absolute atomic E-state index is 0.185. The van der Waals surface area contributed by atoms with Crippen LogP contribution in [0.5, 0.6) is 0 Å². The fourth-order valence-corrected chi connectivity index (χ4v) is 3.27. The summed E-state index contributed by atoms with van der Waals surface area (Å²) in [6.45, 7) is 0. The summed E-state index contributed by atoms with van der Waals surface area (Å²) < 4.78 is 0. The third-order valence-electron chi connectivity index (χ3n) is 4.70. The minimum Gasteiger partial charge on any atom is -0.352 e. The molecule has 2 fully saturated rings. The average Bonchev–Trinajstić information content (AvgIpc) is 3.43. The van der Waals surface area contributed by atoms with Crippen molar-refractivity contribution in [3.8, 4) is 0 Å². The largest absolute Gasteiger partial charge is 0.352 e. The Kier molecular flexibility index (Phi) is 3.03. The number of carbonyl (C=O) groups excluding carboxylic acids is 1. The highest BCUT2D eigenvalue weighted by Crippen LogP contribution is 2.48. The highest BCUT2D eigenvalue weighted by Gasteiger charge is 2.47. The van der Waals surface area contributed by atoms with E-state index in [1.165, 1.54) is 11.1 Å². The van der Waals surface area contributed by atoms with Gasteiger partial charge in [0.15, 0.2) is 0 Å². The Morgan fingerprint density at radius 1 is 0.810 bits per heavy atom. The second-order valence-electron chi connectivity index (χ2n) is 6.23. The van der Waals surface area contributed by atoms with E-state index in [4.69, 9.17) is 0 Å². The van der Waals surface area contributed by atoms with Crippen LogP contribution in [0.2, 0.25) is 0 Å². The van der Waals surface area contributed by atoms with Crippen molar-refractivity contribution in [2.75, 3.05) is 0 Å². The van der Waals surface area contributed by atoms with Crippen LogP contribution in [-0.2, 0) is 4.79 Å². The number of hydrogen-bond acceptors (Lipinski definition) is 1. The van der Waals surface area contributed by atoms with Gasteiger partial charge >= 0.3 is 0 Å². The van der Waals surface area contributed by atoms with Crippen molar-refractivity contribution in [1.82, 2.24) is 5.32 Å². The van der Waals surface area contributed by atoms with Gasteiger partial charge in [-0.15, -0.1) is 0 Å². The first-order chi connectivity index (χ1) is 10.3. The summed E-state index contributed by atoms with van der Waals surface area (Å²) in [5, 5.41) is 3.23. The average molecular weight is 277 g/mol. The van der Waals surface area contributed by atoms with Crippen LogP contribution < -0.4 is 5.32 Å². The molecule has 0 saturated heterocycles. The number of hydrogen-bond donors (Lipinski definition) is 1. The van der Waals surface area contributed by atoms with Crippen LogP contribution in [0, 0.1) is 5.92 Å². The van der Waals surface area contributed by atoms with Crippen molar-refractivity contribution in [1.29, 1.82) is 0 Å². The molecule has 0 radical (unpaired) electrons. The molecule has 2 aliphatic rings. The molecule has 0 aliphatic heterocycles. The molecule has 2 nitrogen and oxygen atoms in total. The fraction of sp³-hybridized carbons (Fsp3) is 0.316. The van der Waals surface area contributed by atoms with E-state index < -0.39 is 0 Å². The minimum atomic E-state index is 0.185. The molecule has 0 spiro atoms. The summed E-state index contributed by atoms with van der Waals surface area (Å²) in [6.07, 6.45) is 2.08. The first kappa shape index (κ1) is 12.6. The number of nitrogens with one attached hydrogen (secondary N) is 1. The molecule has 2 heteroatoms. The third-order valence-corrected chi connectivity index (χ3v) is 4.70. The molecule has 0 aromatic heterocycles. The Bertz CT molecular complexity index is 637. The lowest BCUT2D eigenvalue weighted by molar-refractivity contribution is -0.122. The van der Waals surface area contributed by atoms with Gasteiger partial charge in [0.05, 0.1) is 0 Å². The molecule has 21 heavy (non-hydrogen) atoms. The highest BCUT2D eigenvalue weighted by atomic mass is 16.2. The Morgan fingerprint density at radius 2 is 1.38 bits per heavy atom. The van der Waals surface area contributed by atoms with E-state index in [0.29, 0.717) is 17.9 Å². The molecule has 2 aromatic rings. The third kappa shape index (κ3) is 2.58. The zero-order valence-electron chi connectivity index (χ0n) is 11.9. The monoisotopic (exact) mass is 277 g/mol. The SMILES string of the molecule is O=C(N[C@@H]1C[C@@H]1c1ccccc1)[C@H]1C[C@H]1c1ccccc1. The normalized spacial score (nSPS) is 29.7. The lowest BCUT2D eigenvalue weighted by Gasteiger charge is -2.05. The highest BCUT2D eigenvalue weighted by molar-refractivity contribution is 5.83. The summed E-state index contributed by atoms with van der Waals surface area (Å²) >= 11 is 0. The smallest absolute Gasteiger partial charge is 0.223 e. The number of benzene rings is 2. The molecule has 2 aromatic carbocycles. The van der Waals surface area contributed by atoms with Gasteiger partial charge in [0, 0.05) is 17.9 Å². The summed E-state index contributed by atoms with van der Waals surface area (Å²) in [5.74, 6) is 1.38. The van der Waals surface area contributed by atoms with Gasteiger partial charge in [-0.1, -0.05) is 60.7 Å². The Balaban J connectivity index is 1.33. The van der Waals surface area contributed by atoms with E-state index in [-0.39, 0.29) is 11.8 Å². The van der Waals surface area contributed by atoms with Crippen LogP contribution in [0.4, 0.5) is 0 Å². The first-order valence-electron chi connectivity index (χ1n) is 7.73. The molecule has 1 N–H and O–H groups in total. The van der Waals surface area contributed by atoms with E-state index in [0.717, 1.165) is 12.8 Å². The van der Waals surface area contributed by atoms with Crippen molar-refractivity contribution in [2.45, 2.75) is 30.7 Å². The van der Waals surface area contributed by atoms with Crippen molar-refractivity contribution in [2.24, 2.45) is 5.92 Å². The van der Waals surface area contributed by atoms with E-state index in [1.807, 2.05) is 12.1 Å². The van der Waals surface area contributed by atoms with E-state index in [9.17, 15) is 4.79 Å². The lowest BCUT2D eigenvalue weighted by Crippen LogP contribution is -2.28. The zero-order valence-corrected chi connectivity index (χ0v) is 11.9. The van der Waals surface area contributed by atoms with Gasteiger partial charge in [-0.25, -0.2) is 0 Å². The standard InChI is InChI=1S/C19H19NO/c21-19(17-11-15(17)13-7-3-1-4-8-13)20-18-12-16(18)14-9-5-2-6-10-14/h1-10,15-18H,11-12H2,(H,20,21)/t15-,16+,17-,18+/m0/s1. The van der Waals surface area contributed by atoms with Crippen molar-refractivity contribution < 1.29 is 4.79 Å². The van der Waals surface area contributed by atoms with Crippen molar-refractivity contribution >= 4 is 5.91 Å². The first-order valence-corrected chi connectivity index (χ1v) is 7.73. The second kappa shape index (κ2) is 5.03. The number of carbonyl (C=O) groups is 1. The van der Waals surface area contributed by atoms with Gasteiger partial charge < -0.3 is 5.32 Å². The lowest BCUT2D eigenvalue weighted by atomic mass is 10.1.